The third kappa shape index (κ3) is 5.68. The van der Waals surface area contributed by atoms with Crippen LogP contribution in [-0.2, 0) is 4.79 Å². The van der Waals surface area contributed by atoms with Crippen molar-refractivity contribution in [1.29, 1.82) is 0 Å². The number of piperidine rings is 1. The van der Waals surface area contributed by atoms with E-state index >= 15 is 0 Å². The van der Waals surface area contributed by atoms with E-state index in [-0.39, 0.29) is 5.92 Å². The molecule has 0 amide bonds. The Hall–Kier alpha value is -3.54. The highest BCUT2D eigenvalue weighted by atomic mass is 16.5. The van der Waals surface area contributed by atoms with Crippen molar-refractivity contribution >= 4 is 16.9 Å². The number of rotatable bonds is 7. The molecule has 0 spiro atoms. The molecule has 1 aliphatic heterocycles. The number of aliphatic carboxylic acids is 1. The monoisotopic (exact) mass is 460 g/mol. The molecule has 0 radical (unpaired) electrons. The number of hydrogen-bond acceptors (Lipinski definition) is 7. The van der Waals surface area contributed by atoms with E-state index in [1.807, 2.05) is 24.3 Å². The number of ether oxygens (including phenoxy) is 1. The fourth-order valence-electron chi connectivity index (χ4n) is 4.54. The van der Waals surface area contributed by atoms with E-state index in [1.165, 1.54) is 0 Å². The van der Waals surface area contributed by atoms with E-state index in [2.05, 4.69) is 31.9 Å². The lowest BCUT2D eigenvalue weighted by atomic mass is 9.81. The second kappa shape index (κ2) is 11.1. The molecule has 3 heterocycles. The van der Waals surface area contributed by atoms with Gasteiger partial charge in [0, 0.05) is 24.3 Å². The lowest BCUT2D eigenvalue weighted by molar-refractivity contribution is -0.146. The molecule has 4 rings (SSSR count). The van der Waals surface area contributed by atoms with Gasteiger partial charge in [-0.15, -0.1) is 5.10 Å². The molecule has 0 aliphatic carbocycles. The van der Waals surface area contributed by atoms with E-state index in [1.54, 1.807) is 31.6 Å². The Morgan fingerprint density at radius 3 is 2.94 bits per heavy atom. The van der Waals surface area contributed by atoms with Gasteiger partial charge in [-0.05, 0) is 79.6 Å². The Balaban J connectivity index is 1.38. The molecule has 1 fully saturated rings. The van der Waals surface area contributed by atoms with Crippen molar-refractivity contribution in [3.05, 3.63) is 60.0 Å². The van der Waals surface area contributed by atoms with Gasteiger partial charge >= 0.3 is 5.97 Å². The van der Waals surface area contributed by atoms with Crippen LogP contribution in [0.5, 0.6) is 5.75 Å². The summed E-state index contributed by atoms with van der Waals surface area (Å²) in [7, 11) is 1.60. The van der Waals surface area contributed by atoms with Crippen LogP contribution >= 0.6 is 0 Å². The molecule has 1 aliphatic rings. The lowest BCUT2D eigenvalue weighted by Crippen LogP contribution is -2.44. The average Bonchev–Trinajstić information content (AvgIpc) is 2.87. The Morgan fingerprint density at radius 2 is 2.18 bits per heavy atom. The first-order valence-electron chi connectivity index (χ1n) is 11.4. The molecule has 3 aromatic rings. The SMILES string of the molecule is COc1ccc2nccc(C(O)CC[C@@H]3CCN(CC#Cc4cccnn4)C[C@@H]3C(=O)O)c2c1. The highest BCUT2D eigenvalue weighted by Gasteiger charge is 2.34. The van der Waals surface area contributed by atoms with Crippen molar-refractivity contribution in [1.82, 2.24) is 20.1 Å². The number of hydrogen-bond donors (Lipinski definition) is 2. The molecule has 0 bridgehead atoms. The van der Waals surface area contributed by atoms with Gasteiger partial charge in [0.15, 0.2) is 0 Å². The molecule has 176 valence electrons. The smallest absolute Gasteiger partial charge is 0.308 e. The maximum absolute atomic E-state index is 12.0. The number of likely N-dealkylation sites (tertiary alicyclic amines) is 1. The second-order valence-electron chi connectivity index (χ2n) is 8.52. The summed E-state index contributed by atoms with van der Waals surface area (Å²) in [5.74, 6) is 5.45. The second-order valence-corrected chi connectivity index (χ2v) is 8.52. The number of carboxylic acid groups (broad SMARTS) is 1. The molecular formula is C26H28N4O4. The van der Waals surface area contributed by atoms with Gasteiger partial charge in [0.05, 0.1) is 31.2 Å². The molecule has 8 heteroatoms. The number of pyridine rings is 1. The van der Waals surface area contributed by atoms with Gasteiger partial charge in [-0.3, -0.25) is 14.7 Å². The largest absolute Gasteiger partial charge is 0.497 e. The summed E-state index contributed by atoms with van der Waals surface area (Å²) in [6, 6.07) is 11.0. The van der Waals surface area contributed by atoms with Crippen LogP contribution in [0.3, 0.4) is 0 Å². The summed E-state index contributed by atoms with van der Waals surface area (Å²) in [6.07, 6.45) is 4.44. The normalized spacial score (nSPS) is 19.2. The number of carbonyl (C=O) groups is 1. The van der Waals surface area contributed by atoms with E-state index in [0.717, 1.165) is 29.4 Å². The first-order chi connectivity index (χ1) is 16.5. The van der Waals surface area contributed by atoms with E-state index in [0.29, 0.717) is 37.4 Å². The molecule has 1 aromatic carbocycles. The van der Waals surface area contributed by atoms with Gasteiger partial charge in [-0.2, -0.15) is 5.10 Å². The van der Waals surface area contributed by atoms with Crippen molar-refractivity contribution in [2.45, 2.75) is 25.4 Å². The molecule has 1 saturated heterocycles. The highest BCUT2D eigenvalue weighted by molar-refractivity contribution is 5.83. The zero-order valence-electron chi connectivity index (χ0n) is 19.1. The Morgan fingerprint density at radius 1 is 1.29 bits per heavy atom. The standard InChI is InChI=1S/C26H28N4O4/c1-34-20-7-8-24-22(16-20)21(10-13-27-24)25(31)9-6-18-11-15-30(17-23(18)26(32)33)14-3-5-19-4-2-12-28-29-19/h2,4,7-8,10,12-13,16,18,23,25,31H,6,9,11,14-15,17H2,1H3,(H,32,33)/t18-,23+,25?/m1/s1. The number of benzene rings is 1. The van der Waals surface area contributed by atoms with Crippen molar-refractivity contribution in [2.75, 3.05) is 26.7 Å². The zero-order chi connectivity index (χ0) is 23.9. The molecule has 34 heavy (non-hydrogen) atoms. The minimum absolute atomic E-state index is 0.000938. The van der Waals surface area contributed by atoms with Crippen LogP contribution in [0.25, 0.3) is 10.9 Å². The number of fused-ring (bicyclic) bond motifs is 1. The summed E-state index contributed by atoms with van der Waals surface area (Å²) < 4.78 is 5.32. The number of aromatic nitrogens is 3. The number of carboxylic acids is 1. The zero-order valence-corrected chi connectivity index (χ0v) is 19.1. The number of nitrogens with zero attached hydrogens (tertiary/aromatic N) is 4. The molecule has 0 saturated carbocycles. The number of aliphatic hydroxyl groups is 1. The maximum Gasteiger partial charge on any atom is 0.308 e. The minimum atomic E-state index is -0.801. The van der Waals surface area contributed by atoms with Gasteiger partial charge in [-0.25, -0.2) is 0 Å². The van der Waals surface area contributed by atoms with Crippen LogP contribution in [-0.4, -0.2) is 63.0 Å². The summed E-state index contributed by atoms with van der Waals surface area (Å²) in [5, 5.41) is 29.4. The van der Waals surface area contributed by atoms with Crippen LogP contribution in [0, 0.1) is 23.7 Å². The minimum Gasteiger partial charge on any atom is -0.497 e. The molecule has 1 unspecified atom stereocenters. The Bertz CT molecular complexity index is 1190. The maximum atomic E-state index is 12.0. The summed E-state index contributed by atoms with van der Waals surface area (Å²) in [6.45, 7) is 1.70. The fraction of sp³-hybridized carbons (Fsp3) is 0.385. The predicted octanol–water partition coefficient (Wildman–Crippen LogP) is 2.92. The molecule has 8 nitrogen and oxygen atoms in total. The molecule has 3 atom stereocenters. The van der Waals surface area contributed by atoms with Crippen LogP contribution < -0.4 is 4.74 Å². The third-order valence-electron chi connectivity index (χ3n) is 6.40. The third-order valence-corrected chi connectivity index (χ3v) is 6.40. The van der Waals surface area contributed by atoms with Gasteiger partial charge in [0.1, 0.15) is 11.4 Å². The number of methoxy groups -OCH3 is 1. The summed E-state index contributed by atoms with van der Waals surface area (Å²) >= 11 is 0. The Labute approximate surface area is 198 Å². The van der Waals surface area contributed by atoms with E-state index < -0.39 is 18.0 Å². The van der Waals surface area contributed by atoms with Gasteiger partial charge in [0.25, 0.3) is 0 Å². The Kier molecular flexibility index (Phi) is 7.68. The van der Waals surface area contributed by atoms with Crippen LogP contribution in [0.2, 0.25) is 0 Å². The van der Waals surface area contributed by atoms with Crippen molar-refractivity contribution < 1.29 is 19.7 Å². The van der Waals surface area contributed by atoms with Gasteiger partial charge in [0.2, 0.25) is 0 Å². The first-order valence-corrected chi connectivity index (χ1v) is 11.4. The van der Waals surface area contributed by atoms with Crippen molar-refractivity contribution in [3.8, 4) is 17.6 Å². The highest BCUT2D eigenvalue weighted by Crippen LogP contribution is 2.33. The average molecular weight is 461 g/mol. The summed E-state index contributed by atoms with van der Waals surface area (Å²) in [4.78, 5) is 18.4. The quantitative estimate of drug-likeness (QED) is 0.518. The van der Waals surface area contributed by atoms with Gasteiger partial charge in [-0.1, -0.05) is 5.92 Å². The topological polar surface area (TPSA) is 109 Å². The molecule has 2 aromatic heterocycles. The van der Waals surface area contributed by atoms with Crippen LogP contribution in [0.1, 0.15) is 36.6 Å². The fourth-order valence-corrected chi connectivity index (χ4v) is 4.54. The number of aliphatic hydroxyl groups excluding tert-OH is 1. The van der Waals surface area contributed by atoms with Crippen LogP contribution in [0.4, 0.5) is 0 Å². The van der Waals surface area contributed by atoms with Crippen LogP contribution in [0.15, 0.2) is 48.8 Å². The van der Waals surface area contributed by atoms with Gasteiger partial charge < -0.3 is 14.9 Å². The lowest BCUT2D eigenvalue weighted by Gasteiger charge is -2.36. The van der Waals surface area contributed by atoms with Crippen molar-refractivity contribution in [3.63, 3.8) is 0 Å². The predicted molar refractivity (Wildman–Crippen MR) is 127 cm³/mol. The first kappa shape index (κ1) is 23.6. The van der Waals surface area contributed by atoms with E-state index in [9.17, 15) is 15.0 Å². The molecule has 2 N–H and O–H groups in total. The summed E-state index contributed by atoms with van der Waals surface area (Å²) in [5.41, 5.74) is 2.17. The van der Waals surface area contributed by atoms with Crippen molar-refractivity contribution in [2.24, 2.45) is 11.8 Å². The molecular weight excluding hydrogens is 432 g/mol. The van der Waals surface area contributed by atoms with E-state index in [4.69, 9.17) is 4.74 Å².